The molecule has 1 aliphatic heterocycles. The molecule has 4 aromatic rings. The summed E-state index contributed by atoms with van der Waals surface area (Å²) in [6.07, 6.45) is 3.92. The second kappa shape index (κ2) is 7.74. The fourth-order valence-electron chi connectivity index (χ4n) is 3.93. The number of hydrogen-bond acceptors (Lipinski definition) is 7. The van der Waals surface area contributed by atoms with Gasteiger partial charge in [0.25, 0.3) is 5.56 Å². The Bertz CT molecular complexity index is 1460. The lowest BCUT2D eigenvalue weighted by Gasteiger charge is -2.30. The molecule has 0 aliphatic carbocycles. The molecule has 1 N–H and O–H groups in total. The van der Waals surface area contributed by atoms with Gasteiger partial charge in [-0.05, 0) is 48.4 Å². The van der Waals surface area contributed by atoms with E-state index in [4.69, 9.17) is 5.26 Å². The van der Waals surface area contributed by atoms with Crippen LogP contribution in [0.4, 0.5) is 21.6 Å². The number of anilines is 3. The van der Waals surface area contributed by atoms with Crippen LogP contribution in [0.5, 0.6) is 0 Å². The van der Waals surface area contributed by atoms with Gasteiger partial charge in [-0.25, -0.2) is 9.37 Å². The summed E-state index contributed by atoms with van der Waals surface area (Å²) in [5, 5.41) is 16.7. The molecule has 0 unspecified atom stereocenters. The van der Waals surface area contributed by atoms with Crippen LogP contribution in [0.15, 0.2) is 53.6 Å². The Morgan fingerprint density at radius 1 is 1.16 bits per heavy atom. The van der Waals surface area contributed by atoms with Crippen LogP contribution in [0.2, 0.25) is 0 Å². The molecule has 0 radical (unpaired) electrons. The number of halogens is 1. The molecule has 9 heteroatoms. The Hall–Kier alpha value is -4.32. The molecule has 5 rings (SSSR count). The maximum Gasteiger partial charge on any atom is 0.274 e. The third kappa shape index (κ3) is 3.63. The monoisotopic (exact) mass is 427 g/mol. The van der Waals surface area contributed by atoms with Gasteiger partial charge in [-0.15, -0.1) is 5.10 Å². The summed E-state index contributed by atoms with van der Waals surface area (Å²) in [7, 11) is 0. The average molecular weight is 427 g/mol. The van der Waals surface area contributed by atoms with Crippen molar-refractivity contribution in [2.75, 3.05) is 16.8 Å². The normalized spacial score (nSPS) is 13.0. The number of nitrogens with one attached hydrogen (secondary N) is 1. The number of hydrogen-bond donors (Lipinski definition) is 1. The van der Waals surface area contributed by atoms with Crippen molar-refractivity contribution < 1.29 is 4.39 Å². The van der Waals surface area contributed by atoms with Crippen LogP contribution in [0.3, 0.4) is 0 Å². The number of nitrogens with zero attached hydrogens (tertiary/aromatic N) is 6. The molecule has 0 fully saturated rings. The van der Waals surface area contributed by atoms with Crippen LogP contribution in [0.1, 0.15) is 22.4 Å². The van der Waals surface area contributed by atoms with E-state index in [2.05, 4.69) is 25.3 Å². The number of aromatic nitrogens is 4. The highest BCUT2D eigenvalue weighted by Gasteiger charge is 2.21. The molecule has 0 saturated heterocycles. The Morgan fingerprint density at radius 2 is 2.03 bits per heavy atom. The summed E-state index contributed by atoms with van der Waals surface area (Å²) < 4.78 is 15.1. The molecular formula is C23H18FN7O. The average Bonchev–Trinajstić information content (AvgIpc) is 2.78. The van der Waals surface area contributed by atoms with Gasteiger partial charge in [0.1, 0.15) is 5.82 Å². The van der Waals surface area contributed by atoms with Gasteiger partial charge in [0.15, 0.2) is 11.5 Å². The minimum absolute atomic E-state index is 0.228. The molecule has 8 nitrogen and oxygen atoms in total. The van der Waals surface area contributed by atoms with Gasteiger partial charge in [-0.1, -0.05) is 0 Å². The van der Waals surface area contributed by atoms with Crippen molar-refractivity contribution in [3.63, 3.8) is 0 Å². The molecule has 32 heavy (non-hydrogen) atoms. The van der Waals surface area contributed by atoms with E-state index in [0.29, 0.717) is 23.6 Å². The van der Waals surface area contributed by atoms with Crippen molar-refractivity contribution in [2.24, 2.45) is 0 Å². The van der Waals surface area contributed by atoms with Gasteiger partial charge >= 0.3 is 0 Å². The van der Waals surface area contributed by atoms with Crippen LogP contribution in [0, 0.1) is 24.1 Å². The smallest absolute Gasteiger partial charge is 0.274 e. The molecule has 1 aliphatic rings. The summed E-state index contributed by atoms with van der Waals surface area (Å²) in [6, 6.07) is 11.3. The first-order valence-electron chi connectivity index (χ1n) is 10.1. The molecule has 158 valence electrons. The number of benzene rings is 1. The topological polar surface area (TPSA) is 99.2 Å². The highest BCUT2D eigenvalue weighted by molar-refractivity contribution is 5.62. The van der Waals surface area contributed by atoms with E-state index in [-0.39, 0.29) is 11.1 Å². The van der Waals surface area contributed by atoms with Crippen molar-refractivity contribution in [3.8, 4) is 6.07 Å². The maximum atomic E-state index is 13.8. The molecule has 0 bridgehead atoms. The van der Waals surface area contributed by atoms with Crippen molar-refractivity contribution in [2.45, 2.75) is 19.9 Å². The number of pyridine rings is 1. The highest BCUT2D eigenvalue weighted by atomic mass is 19.1. The molecule has 3 aromatic heterocycles. The summed E-state index contributed by atoms with van der Waals surface area (Å²) in [4.78, 5) is 23.1. The van der Waals surface area contributed by atoms with Crippen LogP contribution >= 0.6 is 0 Å². The van der Waals surface area contributed by atoms with Crippen LogP contribution < -0.4 is 15.8 Å². The zero-order valence-electron chi connectivity index (χ0n) is 17.2. The van der Waals surface area contributed by atoms with Crippen molar-refractivity contribution in [1.29, 1.82) is 5.26 Å². The lowest BCUT2D eigenvalue weighted by atomic mass is 10.0. The quantitative estimate of drug-likeness (QED) is 0.536. The third-order valence-electron chi connectivity index (χ3n) is 5.40. The van der Waals surface area contributed by atoms with Crippen molar-refractivity contribution >= 4 is 22.8 Å². The number of fused-ring (bicyclic) bond motifs is 2. The van der Waals surface area contributed by atoms with Crippen LogP contribution in [-0.2, 0) is 13.0 Å². The lowest BCUT2D eigenvalue weighted by molar-refractivity contribution is 0.628. The fraction of sp³-hybridized carbons (Fsp3) is 0.174. The summed E-state index contributed by atoms with van der Waals surface area (Å²) in [5.41, 5.74) is 4.63. The molecule has 0 saturated carbocycles. The SMILES string of the molecule is Cc1cc2nccc(=O)n2nc1N1CCc2ncc(Nc3cc(F)cc(C#N)c3)cc2C1. The van der Waals surface area contributed by atoms with E-state index in [1.54, 1.807) is 12.3 Å². The van der Waals surface area contributed by atoms with Gasteiger partial charge in [0, 0.05) is 43.2 Å². The molecule has 0 spiro atoms. The number of rotatable bonds is 3. The first kappa shape index (κ1) is 19.6. The Morgan fingerprint density at radius 3 is 2.88 bits per heavy atom. The first-order valence-corrected chi connectivity index (χ1v) is 10.1. The minimum Gasteiger partial charge on any atom is -0.354 e. The zero-order chi connectivity index (χ0) is 22.2. The summed E-state index contributed by atoms with van der Waals surface area (Å²) in [5.74, 6) is 0.242. The van der Waals surface area contributed by atoms with E-state index in [0.717, 1.165) is 35.6 Å². The Balaban J connectivity index is 1.45. The minimum atomic E-state index is -0.480. The maximum absolute atomic E-state index is 13.8. The Labute approximate surface area is 182 Å². The van der Waals surface area contributed by atoms with Gasteiger partial charge in [0.05, 0.1) is 23.5 Å². The van der Waals surface area contributed by atoms with Crippen molar-refractivity contribution in [3.05, 3.63) is 87.3 Å². The molecule has 4 heterocycles. The van der Waals surface area contributed by atoms with Gasteiger partial charge in [-0.2, -0.15) is 9.78 Å². The van der Waals surface area contributed by atoms with Crippen LogP contribution in [-0.4, -0.2) is 26.1 Å². The van der Waals surface area contributed by atoms with Gasteiger partial charge in [-0.3, -0.25) is 9.78 Å². The van der Waals surface area contributed by atoms with Crippen molar-refractivity contribution in [1.82, 2.24) is 19.6 Å². The number of nitriles is 1. The predicted molar refractivity (Wildman–Crippen MR) is 117 cm³/mol. The van der Waals surface area contributed by atoms with E-state index in [1.165, 1.54) is 28.9 Å². The Kier molecular flexibility index (Phi) is 4.75. The van der Waals surface area contributed by atoms with E-state index in [9.17, 15) is 9.18 Å². The first-order chi connectivity index (χ1) is 15.5. The van der Waals surface area contributed by atoms with E-state index >= 15 is 0 Å². The molecule has 0 atom stereocenters. The molecular weight excluding hydrogens is 409 g/mol. The van der Waals surface area contributed by atoms with E-state index < -0.39 is 5.82 Å². The van der Waals surface area contributed by atoms with Crippen LogP contribution in [0.25, 0.3) is 5.65 Å². The van der Waals surface area contributed by atoms with Gasteiger partial charge in [0.2, 0.25) is 0 Å². The zero-order valence-corrected chi connectivity index (χ0v) is 17.2. The molecule has 1 aromatic carbocycles. The summed E-state index contributed by atoms with van der Waals surface area (Å²) in [6.45, 7) is 3.24. The van der Waals surface area contributed by atoms with Gasteiger partial charge < -0.3 is 10.2 Å². The van der Waals surface area contributed by atoms with E-state index in [1.807, 2.05) is 25.1 Å². The third-order valence-corrected chi connectivity index (χ3v) is 5.40. The second-order valence-corrected chi connectivity index (χ2v) is 7.67. The fourth-order valence-corrected chi connectivity index (χ4v) is 3.93. The molecule has 0 amide bonds. The second-order valence-electron chi connectivity index (χ2n) is 7.67. The lowest BCUT2D eigenvalue weighted by Crippen LogP contribution is -2.33. The largest absolute Gasteiger partial charge is 0.354 e. The standard InChI is InChI=1S/C23H18FN7O/c1-14-6-21-26-4-2-22(32)31(21)29-23(14)30-5-3-20-16(13-30)9-19(12-27-20)28-18-8-15(11-25)7-17(24)10-18/h2,4,6-10,12,28H,3,5,13H2,1H3. The summed E-state index contributed by atoms with van der Waals surface area (Å²) >= 11 is 0. The highest BCUT2D eigenvalue weighted by Crippen LogP contribution is 2.27. The number of aryl methyl sites for hydroxylation is 1. The predicted octanol–water partition coefficient (Wildman–Crippen LogP) is 3.11.